The van der Waals surface area contributed by atoms with Crippen molar-refractivity contribution >= 4 is 30.1 Å². The SMILES string of the molecule is CC(=O)N1c2ccc(-c3ccc(CNCCN4CCCC4)cc3)cc2[C@H](NC(=O)OC(C)C)C[C@@H]1C.Cl. The van der Waals surface area contributed by atoms with Gasteiger partial charge < -0.3 is 25.2 Å². The van der Waals surface area contributed by atoms with Crippen molar-refractivity contribution in [1.82, 2.24) is 15.5 Å². The van der Waals surface area contributed by atoms with E-state index in [0.29, 0.717) is 6.42 Å². The molecule has 2 aliphatic heterocycles. The Morgan fingerprint density at radius 2 is 1.73 bits per heavy atom. The molecule has 8 heteroatoms. The summed E-state index contributed by atoms with van der Waals surface area (Å²) >= 11 is 0. The van der Waals surface area contributed by atoms with E-state index in [1.54, 1.807) is 6.92 Å². The molecule has 2 amide bonds. The van der Waals surface area contributed by atoms with E-state index in [4.69, 9.17) is 4.74 Å². The number of amides is 2. The summed E-state index contributed by atoms with van der Waals surface area (Å²) in [5, 5.41) is 6.58. The van der Waals surface area contributed by atoms with Crippen LogP contribution in [-0.2, 0) is 16.1 Å². The molecule has 2 aromatic rings. The second kappa shape index (κ2) is 13.3. The van der Waals surface area contributed by atoms with E-state index in [1.807, 2.05) is 31.7 Å². The molecule has 4 rings (SSSR count). The minimum Gasteiger partial charge on any atom is -0.447 e. The molecular weight excluding hydrogens is 488 g/mol. The molecule has 0 bridgehead atoms. The number of nitrogens with one attached hydrogen (secondary N) is 2. The molecule has 2 heterocycles. The standard InChI is InChI=1S/C29H40N4O3.ClH/c1-20(2)36-29(35)31-27-17-21(3)33(22(4)34)28-12-11-25(18-26(27)28)24-9-7-23(8-10-24)19-30-13-16-32-14-5-6-15-32;/h7-12,18,20-21,27,30H,5-6,13-17,19H2,1-4H3,(H,31,35);1H/t21-,27+;/m0./s1. The predicted molar refractivity (Wildman–Crippen MR) is 151 cm³/mol. The van der Waals surface area contributed by atoms with Gasteiger partial charge in [0.25, 0.3) is 0 Å². The number of alkyl carbamates (subject to hydrolysis) is 1. The molecule has 0 spiro atoms. The van der Waals surface area contributed by atoms with Gasteiger partial charge in [-0.2, -0.15) is 0 Å². The minimum absolute atomic E-state index is 0. The van der Waals surface area contributed by atoms with Gasteiger partial charge in [0.1, 0.15) is 0 Å². The number of benzene rings is 2. The van der Waals surface area contributed by atoms with Crippen LogP contribution in [0.4, 0.5) is 10.5 Å². The zero-order valence-corrected chi connectivity index (χ0v) is 23.3. The highest BCUT2D eigenvalue weighted by Crippen LogP contribution is 2.39. The normalized spacial score (nSPS) is 19.3. The summed E-state index contributed by atoms with van der Waals surface area (Å²) in [6, 6.07) is 14.5. The van der Waals surface area contributed by atoms with Crippen LogP contribution in [-0.4, -0.2) is 55.2 Å². The van der Waals surface area contributed by atoms with Crippen molar-refractivity contribution in [2.45, 2.75) is 71.7 Å². The van der Waals surface area contributed by atoms with Gasteiger partial charge in [-0.25, -0.2) is 4.79 Å². The van der Waals surface area contributed by atoms with Crippen LogP contribution in [0.3, 0.4) is 0 Å². The third-order valence-electron chi connectivity index (χ3n) is 7.07. The molecule has 1 saturated heterocycles. The second-order valence-corrected chi connectivity index (χ2v) is 10.3. The molecule has 202 valence electrons. The molecule has 1 fully saturated rings. The summed E-state index contributed by atoms with van der Waals surface area (Å²) < 4.78 is 5.34. The van der Waals surface area contributed by atoms with Gasteiger partial charge in [-0.15, -0.1) is 12.4 Å². The van der Waals surface area contributed by atoms with Gasteiger partial charge in [0.2, 0.25) is 5.91 Å². The van der Waals surface area contributed by atoms with Crippen molar-refractivity contribution in [2.75, 3.05) is 31.1 Å². The van der Waals surface area contributed by atoms with Crippen LogP contribution in [0.2, 0.25) is 0 Å². The first-order valence-electron chi connectivity index (χ1n) is 13.2. The Labute approximate surface area is 227 Å². The molecule has 2 atom stereocenters. The average molecular weight is 529 g/mol. The van der Waals surface area contributed by atoms with Gasteiger partial charge in [0.15, 0.2) is 0 Å². The molecular formula is C29H41ClN4O3. The fourth-order valence-electron chi connectivity index (χ4n) is 5.34. The van der Waals surface area contributed by atoms with Crippen molar-refractivity contribution in [1.29, 1.82) is 0 Å². The number of carbonyl (C=O) groups is 2. The number of hydrogen-bond acceptors (Lipinski definition) is 5. The second-order valence-electron chi connectivity index (χ2n) is 10.3. The number of halogens is 1. The van der Waals surface area contributed by atoms with Crippen LogP contribution in [0.15, 0.2) is 42.5 Å². The number of hydrogen-bond donors (Lipinski definition) is 2. The Bertz CT molecular complexity index is 1050. The van der Waals surface area contributed by atoms with Gasteiger partial charge in [0.05, 0.1) is 12.1 Å². The van der Waals surface area contributed by atoms with Gasteiger partial charge in [0, 0.05) is 38.3 Å². The maximum Gasteiger partial charge on any atom is 0.407 e. The number of ether oxygens (including phenoxy) is 1. The zero-order chi connectivity index (χ0) is 25.7. The topological polar surface area (TPSA) is 73.9 Å². The summed E-state index contributed by atoms with van der Waals surface area (Å²) in [4.78, 5) is 29.2. The summed E-state index contributed by atoms with van der Waals surface area (Å²) in [5.74, 6) is 0.00120. The molecule has 7 nitrogen and oxygen atoms in total. The zero-order valence-electron chi connectivity index (χ0n) is 22.5. The molecule has 2 N–H and O–H groups in total. The maximum absolute atomic E-state index is 12.4. The van der Waals surface area contributed by atoms with Crippen LogP contribution in [0.25, 0.3) is 11.1 Å². The lowest BCUT2D eigenvalue weighted by atomic mass is 9.89. The largest absolute Gasteiger partial charge is 0.447 e. The lowest BCUT2D eigenvalue weighted by Gasteiger charge is -2.39. The lowest BCUT2D eigenvalue weighted by molar-refractivity contribution is -0.117. The van der Waals surface area contributed by atoms with Crippen molar-refractivity contribution in [3.05, 3.63) is 53.6 Å². The van der Waals surface area contributed by atoms with Crippen molar-refractivity contribution in [2.24, 2.45) is 0 Å². The van der Waals surface area contributed by atoms with Crippen LogP contribution in [0, 0.1) is 0 Å². The van der Waals surface area contributed by atoms with Crippen LogP contribution in [0.1, 0.15) is 64.1 Å². The molecule has 2 aromatic carbocycles. The smallest absolute Gasteiger partial charge is 0.407 e. The van der Waals surface area contributed by atoms with E-state index >= 15 is 0 Å². The Morgan fingerprint density at radius 3 is 2.38 bits per heavy atom. The first-order chi connectivity index (χ1) is 17.3. The summed E-state index contributed by atoms with van der Waals surface area (Å²) in [5.41, 5.74) is 5.21. The van der Waals surface area contributed by atoms with Crippen LogP contribution in [0.5, 0.6) is 0 Å². The Hall–Kier alpha value is -2.61. The van der Waals surface area contributed by atoms with Crippen molar-refractivity contribution in [3.8, 4) is 11.1 Å². The lowest BCUT2D eigenvalue weighted by Crippen LogP contribution is -2.45. The van der Waals surface area contributed by atoms with E-state index in [0.717, 1.165) is 42.0 Å². The molecule has 2 aliphatic rings. The third kappa shape index (κ3) is 7.46. The highest BCUT2D eigenvalue weighted by Gasteiger charge is 2.33. The van der Waals surface area contributed by atoms with Gasteiger partial charge in [-0.05, 0) is 87.5 Å². The number of likely N-dealkylation sites (tertiary alicyclic amines) is 1. The number of nitrogens with zero attached hydrogens (tertiary/aromatic N) is 2. The monoisotopic (exact) mass is 528 g/mol. The van der Waals surface area contributed by atoms with Gasteiger partial charge in [-0.1, -0.05) is 30.3 Å². The van der Waals surface area contributed by atoms with Gasteiger partial charge >= 0.3 is 6.09 Å². The maximum atomic E-state index is 12.4. The van der Waals surface area contributed by atoms with Crippen molar-refractivity contribution < 1.29 is 14.3 Å². The number of carbonyl (C=O) groups excluding carboxylic acids is 2. The molecule has 0 aromatic heterocycles. The predicted octanol–water partition coefficient (Wildman–Crippen LogP) is 5.28. The molecule has 0 radical (unpaired) electrons. The quantitative estimate of drug-likeness (QED) is 0.456. The third-order valence-corrected chi connectivity index (χ3v) is 7.07. The number of anilines is 1. The summed E-state index contributed by atoms with van der Waals surface area (Å²) in [6.07, 6.45) is 2.66. The molecule has 0 unspecified atom stereocenters. The number of rotatable bonds is 8. The first-order valence-corrected chi connectivity index (χ1v) is 13.2. The van der Waals surface area contributed by atoms with E-state index in [9.17, 15) is 9.59 Å². The van der Waals surface area contributed by atoms with E-state index in [-0.39, 0.29) is 36.5 Å². The molecule has 0 saturated carbocycles. The fourth-order valence-corrected chi connectivity index (χ4v) is 5.34. The first kappa shape index (κ1) is 29.0. The van der Waals surface area contributed by atoms with Gasteiger partial charge in [-0.3, -0.25) is 4.79 Å². The average Bonchev–Trinajstić information content (AvgIpc) is 3.35. The van der Waals surface area contributed by atoms with Crippen LogP contribution < -0.4 is 15.5 Å². The van der Waals surface area contributed by atoms with E-state index in [1.165, 1.54) is 31.5 Å². The summed E-state index contributed by atoms with van der Waals surface area (Å²) in [7, 11) is 0. The highest BCUT2D eigenvalue weighted by molar-refractivity contribution is 5.94. The Kier molecular flexibility index (Phi) is 10.4. The van der Waals surface area contributed by atoms with Crippen LogP contribution >= 0.6 is 12.4 Å². The van der Waals surface area contributed by atoms with Crippen molar-refractivity contribution in [3.63, 3.8) is 0 Å². The van der Waals surface area contributed by atoms with E-state index in [2.05, 4.69) is 51.9 Å². The fraction of sp³-hybridized carbons (Fsp3) is 0.517. The van der Waals surface area contributed by atoms with E-state index < -0.39 is 6.09 Å². The number of fused-ring (bicyclic) bond motifs is 1. The highest BCUT2D eigenvalue weighted by atomic mass is 35.5. The Morgan fingerprint density at radius 1 is 1.05 bits per heavy atom. The molecule has 0 aliphatic carbocycles. The molecule has 37 heavy (non-hydrogen) atoms. The summed E-state index contributed by atoms with van der Waals surface area (Å²) in [6.45, 7) is 12.7. The minimum atomic E-state index is -0.434. The Balaban J connectivity index is 0.00000380.